The zero-order valence-corrected chi connectivity index (χ0v) is 12.5. The van der Waals surface area contributed by atoms with E-state index < -0.39 is 0 Å². The minimum absolute atomic E-state index is 0.198. The molecule has 0 aromatic carbocycles. The predicted octanol–water partition coefficient (Wildman–Crippen LogP) is 0.979. The first-order valence-electron chi connectivity index (χ1n) is 7.77. The number of fused-ring (bicyclic) bond motifs is 3. The monoisotopic (exact) mass is 274 g/mol. The highest BCUT2D eigenvalue weighted by atomic mass is 15.3. The molecule has 3 fully saturated rings. The molecule has 2 bridgehead atoms. The van der Waals surface area contributed by atoms with E-state index >= 15 is 0 Å². The van der Waals surface area contributed by atoms with Crippen LogP contribution in [0.25, 0.3) is 0 Å². The highest BCUT2D eigenvalue weighted by Crippen LogP contribution is 2.38. The molecular weight excluding hydrogens is 248 g/mol. The average molecular weight is 274 g/mol. The summed E-state index contributed by atoms with van der Waals surface area (Å²) in [5.74, 6) is 0.778. The van der Waals surface area contributed by atoms with E-state index in [0.717, 1.165) is 32.0 Å². The second-order valence-electron chi connectivity index (χ2n) is 6.39. The molecule has 3 aliphatic rings. The van der Waals surface area contributed by atoms with Gasteiger partial charge in [-0.2, -0.15) is 0 Å². The van der Waals surface area contributed by atoms with Gasteiger partial charge in [-0.25, -0.2) is 0 Å². The van der Waals surface area contributed by atoms with E-state index in [1.54, 1.807) is 0 Å². The molecule has 0 amide bonds. The Hall–Kier alpha value is -0.970. The van der Waals surface area contributed by atoms with Crippen molar-refractivity contribution in [1.29, 1.82) is 0 Å². The van der Waals surface area contributed by atoms with Crippen molar-refractivity contribution in [3.63, 3.8) is 0 Å². The van der Waals surface area contributed by atoms with Crippen LogP contribution in [0.15, 0.2) is 24.5 Å². The van der Waals surface area contributed by atoms with Gasteiger partial charge in [-0.05, 0) is 63.0 Å². The van der Waals surface area contributed by atoms with E-state index in [1.165, 1.54) is 31.5 Å². The van der Waals surface area contributed by atoms with Crippen molar-refractivity contribution in [3.05, 3.63) is 30.1 Å². The van der Waals surface area contributed by atoms with Gasteiger partial charge in [0, 0.05) is 37.6 Å². The number of aromatic nitrogens is 1. The Bertz CT molecular complexity index is 427. The maximum Gasteiger partial charge on any atom is 0.0484 e. The molecular formula is C16H26N4. The van der Waals surface area contributed by atoms with E-state index in [-0.39, 0.29) is 5.54 Å². The van der Waals surface area contributed by atoms with Crippen LogP contribution in [0.4, 0.5) is 0 Å². The number of hydrogen-bond acceptors (Lipinski definition) is 4. The van der Waals surface area contributed by atoms with Gasteiger partial charge in [0.25, 0.3) is 0 Å². The summed E-state index contributed by atoms with van der Waals surface area (Å²) in [4.78, 5) is 9.21. The van der Waals surface area contributed by atoms with Crippen LogP contribution in [-0.4, -0.2) is 60.1 Å². The molecule has 1 aromatic rings. The Morgan fingerprint density at radius 2 is 2.05 bits per heavy atom. The molecule has 4 heterocycles. The number of hydrogen-bond donors (Lipinski definition) is 1. The van der Waals surface area contributed by atoms with Crippen LogP contribution in [0.2, 0.25) is 0 Å². The number of piperidine rings is 3. The number of nitrogens with zero attached hydrogens (tertiary/aromatic N) is 3. The molecule has 3 saturated heterocycles. The molecule has 1 aromatic heterocycles. The van der Waals surface area contributed by atoms with Crippen LogP contribution in [-0.2, 0) is 6.42 Å². The Balaban J connectivity index is 1.67. The summed E-state index contributed by atoms with van der Waals surface area (Å²) in [5.41, 5.74) is 7.78. The Kier molecular flexibility index (Phi) is 4.06. The second kappa shape index (κ2) is 5.80. The predicted molar refractivity (Wildman–Crippen MR) is 81.5 cm³/mol. The van der Waals surface area contributed by atoms with Crippen LogP contribution < -0.4 is 5.73 Å². The van der Waals surface area contributed by atoms with Gasteiger partial charge in [-0.3, -0.25) is 9.88 Å². The largest absolute Gasteiger partial charge is 0.329 e. The van der Waals surface area contributed by atoms with Crippen LogP contribution in [0, 0.1) is 5.92 Å². The van der Waals surface area contributed by atoms with Gasteiger partial charge in [-0.15, -0.1) is 0 Å². The molecule has 4 heteroatoms. The van der Waals surface area contributed by atoms with Gasteiger partial charge in [0.15, 0.2) is 0 Å². The van der Waals surface area contributed by atoms with E-state index in [1.807, 2.05) is 12.4 Å². The molecule has 20 heavy (non-hydrogen) atoms. The quantitative estimate of drug-likeness (QED) is 0.869. The highest BCUT2D eigenvalue weighted by molar-refractivity contribution is 5.11. The van der Waals surface area contributed by atoms with Gasteiger partial charge < -0.3 is 10.6 Å². The van der Waals surface area contributed by atoms with Gasteiger partial charge in [0.1, 0.15) is 0 Å². The molecule has 4 nitrogen and oxygen atoms in total. The van der Waals surface area contributed by atoms with Crippen molar-refractivity contribution in [2.75, 3.05) is 39.8 Å². The van der Waals surface area contributed by atoms with Crippen molar-refractivity contribution < 1.29 is 0 Å². The summed E-state index contributed by atoms with van der Waals surface area (Å²) in [6, 6.07) is 4.22. The van der Waals surface area contributed by atoms with Crippen LogP contribution in [0.1, 0.15) is 18.4 Å². The Labute approximate surface area is 122 Å². The average Bonchev–Trinajstić information content (AvgIpc) is 2.54. The van der Waals surface area contributed by atoms with Gasteiger partial charge in [-0.1, -0.05) is 0 Å². The molecule has 0 spiro atoms. The first-order chi connectivity index (χ1) is 9.74. The summed E-state index contributed by atoms with van der Waals surface area (Å²) < 4.78 is 0. The van der Waals surface area contributed by atoms with Crippen molar-refractivity contribution in [2.24, 2.45) is 11.7 Å². The maximum atomic E-state index is 6.22. The summed E-state index contributed by atoms with van der Waals surface area (Å²) >= 11 is 0. The van der Waals surface area contributed by atoms with E-state index in [9.17, 15) is 0 Å². The first-order valence-corrected chi connectivity index (χ1v) is 7.77. The summed E-state index contributed by atoms with van der Waals surface area (Å²) in [7, 11) is 2.26. The summed E-state index contributed by atoms with van der Waals surface area (Å²) in [6.45, 7) is 5.54. The number of likely N-dealkylation sites (N-methyl/N-ethyl adjacent to an activating group) is 1. The van der Waals surface area contributed by atoms with Crippen molar-refractivity contribution in [1.82, 2.24) is 14.8 Å². The smallest absolute Gasteiger partial charge is 0.0484 e. The fourth-order valence-electron chi connectivity index (χ4n) is 4.03. The minimum Gasteiger partial charge on any atom is -0.329 e. The third kappa shape index (κ3) is 2.48. The topological polar surface area (TPSA) is 45.4 Å². The number of nitrogens with two attached hydrogens (primary N) is 1. The van der Waals surface area contributed by atoms with Crippen molar-refractivity contribution >= 4 is 0 Å². The van der Waals surface area contributed by atoms with E-state index in [2.05, 4.69) is 34.0 Å². The number of rotatable bonds is 5. The Morgan fingerprint density at radius 3 is 2.60 bits per heavy atom. The zero-order chi connectivity index (χ0) is 14.0. The fraction of sp³-hybridized carbons (Fsp3) is 0.688. The fourth-order valence-corrected chi connectivity index (χ4v) is 4.03. The summed E-state index contributed by atoms with van der Waals surface area (Å²) in [5, 5.41) is 0. The van der Waals surface area contributed by atoms with Crippen LogP contribution in [0.5, 0.6) is 0 Å². The third-order valence-corrected chi connectivity index (χ3v) is 5.44. The lowest BCUT2D eigenvalue weighted by Gasteiger charge is -2.57. The lowest BCUT2D eigenvalue weighted by Crippen LogP contribution is -2.69. The van der Waals surface area contributed by atoms with Crippen LogP contribution >= 0.6 is 0 Å². The van der Waals surface area contributed by atoms with Gasteiger partial charge in [0.2, 0.25) is 0 Å². The van der Waals surface area contributed by atoms with Crippen molar-refractivity contribution in [2.45, 2.75) is 24.8 Å². The molecule has 0 radical (unpaired) electrons. The maximum absolute atomic E-state index is 6.22. The second-order valence-corrected chi connectivity index (χ2v) is 6.39. The van der Waals surface area contributed by atoms with Crippen molar-refractivity contribution in [3.8, 4) is 0 Å². The zero-order valence-electron chi connectivity index (χ0n) is 12.5. The third-order valence-electron chi connectivity index (χ3n) is 5.44. The minimum atomic E-state index is 0.198. The van der Waals surface area contributed by atoms with Gasteiger partial charge >= 0.3 is 0 Å². The SMILES string of the molecule is CN(CCc1ccncc1)C1(CN)CN2CCC1CC2. The lowest BCUT2D eigenvalue weighted by molar-refractivity contribution is -0.0555. The Morgan fingerprint density at radius 1 is 1.35 bits per heavy atom. The first kappa shape index (κ1) is 14.0. The van der Waals surface area contributed by atoms with E-state index in [4.69, 9.17) is 5.73 Å². The molecule has 1 unspecified atom stereocenters. The molecule has 3 aliphatic heterocycles. The highest BCUT2D eigenvalue weighted by Gasteiger charge is 2.47. The standard InChI is InChI=1S/C16H26N4/c1-19(9-4-14-2-7-18-8-3-14)16(12-17)13-20-10-5-15(16)6-11-20/h2-3,7-8,15H,4-6,9-13,17H2,1H3. The van der Waals surface area contributed by atoms with E-state index in [0.29, 0.717) is 0 Å². The molecule has 4 rings (SSSR count). The normalized spacial score (nSPS) is 32.8. The molecule has 1 atom stereocenters. The molecule has 110 valence electrons. The van der Waals surface area contributed by atoms with Crippen LogP contribution in [0.3, 0.4) is 0 Å². The number of pyridine rings is 1. The molecule has 0 aliphatic carbocycles. The molecule has 0 saturated carbocycles. The molecule has 2 N–H and O–H groups in total. The lowest BCUT2D eigenvalue weighted by atomic mass is 9.71. The summed E-state index contributed by atoms with van der Waals surface area (Å²) in [6.07, 6.45) is 7.46. The van der Waals surface area contributed by atoms with Gasteiger partial charge in [0.05, 0.1) is 0 Å².